The summed E-state index contributed by atoms with van der Waals surface area (Å²) in [5.41, 5.74) is 0.469. The van der Waals surface area contributed by atoms with E-state index < -0.39 is 0 Å². The number of likely N-dealkylation sites (N-methyl/N-ethyl adjacent to an activating group) is 1. The number of aromatic nitrogens is 2. The number of piperazine rings is 1. The number of aliphatic hydroxyl groups excluding tert-OH is 1. The van der Waals surface area contributed by atoms with Gasteiger partial charge in [-0.1, -0.05) is 0 Å². The van der Waals surface area contributed by atoms with Crippen LogP contribution in [0.25, 0.3) is 0 Å². The third-order valence-corrected chi connectivity index (χ3v) is 4.40. The highest BCUT2D eigenvalue weighted by Gasteiger charge is 2.13. The lowest BCUT2D eigenvalue weighted by atomic mass is 10.3. The van der Waals surface area contributed by atoms with Crippen molar-refractivity contribution in [3.63, 3.8) is 0 Å². The first kappa shape index (κ1) is 16.4. The zero-order chi connectivity index (χ0) is 15.2. The fourth-order valence-electron chi connectivity index (χ4n) is 2.26. The number of anilines is 1. The van der Waals surface area contributed by atoms with Crippen molar-refractivity contribution in [2.75, 3.05) is 58.2 Å². The molecule has 1 aromatic heterocycles. The number of nitrogens with zero attached hydrogens (tertiary/aromatic N) is 4. The van der Waals surface area contributed by atoms with Gasteiger partial charge in [0.25, 0.3) is 5.56 Å². The number of nitrogens with one attached hydrogen (secondary N) is 1. The van der Waals surface area contributed by atoms with Crippen LogP contribution in [-0.4, -0.2) is 77.6 Å². The summed E-state index contributed by atoms with van der Waals surface area (Å²) in [6.07, 6.45) is 1.62. The van der Waals surface area contributed by atoms with Crippen LogP contribution in [0.15, 0.2) is 15.5 Å². The van der Waals surface area contributed by atoms with Gasteiger partial charge in [0, 0.05) is 39.3 Å². The predicted molar refractivity (Wildman–Crippen MR) is 85.7 cm³/mol. The Bertz CT molecular complexity index is 514. The molecule has 2 rings (SSSR count). The molecule has 1 aliphatic heterocycles. The Balaban J connectivity index is 1.86. The number of rotatable bonds is 6. The Hall–Kier alpha value is -0.960. The minimum absolute atomic E-state index is 0.102. The molecule has 1 aliphatic rings. The van der Waals surface area contributed by atoms with Crippen molar-refractivity contribution in [2.45, 2.75) is 6.54 Å². The molecule has 0 bridgehead atoms. The van der Waals surface area contributed by atoms with E-state index in [0.717, 1.165) is 39.3 Å². The van der Waals surface area contributed by atoms with E-state index >= 15 is 0 Å². The first-order valence-corrected chi connectivity index (χ1v) is 7.92. The minimum atomic E-state index is -0.228. The first-order valence-electron chi connectivity index (χ1n) is 7.13. The largest absolute Gasteiger partial charge is 0.394 e. The summed E-state index contributed by atoms with van der Waals surface area (Å²) in [5.74, 6) is 0. The van der Waals surface area contributed by atoms with Crippen molar-refractivity contribution in [1.82, 2.24) is 19.6 Å². The van der Waals surface area contributed by atoms with Crippen molar-refractivity contribution in [3.05, 3.63) is 21.0 Å². The Morgan fingerprint density at radius 2 is 2.05 bits per heavy atom. The maximum absolute atomic E-state index is 12.0. The lowest BCUT2D eigenvalue weighted by Crippen LogP contribution is -2.45. The van der Waals surface area contributed by atoms with Gasteiger partial charge in [0.1, 0.15) is 4.47 Å². The van der Waals surface area contributed by atoms with Crippen LogP contribution in [0, 0.1) is 0 Å². The zero-order valence-corrected chi connectivity index (χ0v) is 13.8. The average molecular weight is 360 g/mol. The van der Waals surface area contributed by atoms with Gasteiger partial charge in [0.05, 0.1) is 25.0 Å². The highest BCUT2D eigenvalue weighted by Crippen LogP contribution is 2.15. The van der Waals surface area contributed by atoms with Gasteiger partial charge in [-0.25, -0.2) is 4.68 Å². The number of hydrogen-bond donors (Lipinski definition) is 2. The third-order valence-electron chi connectivity index (χ3n) is 3.64. The predicted octanol–water partition coefficient (Wildman–Crippen LogP) is -0.343. The van der Waals surface area contributed by atoms with E-state index in [-0.39, 0.29) is 18.7 Å². The van der Waals surface area contributed by atoms with Gasteiger partial charge in [-0.15, -0.1) is 0 Å². The Labute approximate surface area is 132 Å². The van der Waals surface area contributed by atoms with Gasteiger partial charge in [0.15, 0.2) is 0 Å². The summed E-state index contributed by atoms with van der Waals surface area (Å²) in [7, 11) is 2.14. The summed E-state index contributed by atoms with van der Waals surface area (Å²) < 4.78 is 1.71. The minimum Gasteiger partial charge on any atom is -0.394 e. The van der Waals surface area contributed by atoms with Crippen molar-refractivity contribution >= 4 is 21.6 Å². The standard InChI is InChI=1S/C13H22BrN5O2/c1-17-4-6-18(7-5-17)3-2-15-11-10-16-19(8-9-20)13(21)12(11)14/h10,15,20H,2-9H2,1H3. The summed E-state index contributed by atoms with van der Waals surface area (Å²) in [6.45, 7) is 6.18. The van der Waals surface area contributed by atoms with E-state index in [0.29, 0.717) is 10.2 Å². The lowest BCUT2D eigenvalue weighted by molar-refractivity contribution is 0.158. The molecule has 0 spiro atoms. The van der Waals surface area contributed by atoms with Crippen LogP contribution in [0.2, 0.25) is 0 Å². The lowest BCUT2D eigenvalue weighted by Gasteiger charge is -2.32. The third kappa shape index (κ3) is 4.50. The molecule has 0 saturated carbocycles. The Morgan fingerprint density at radius 1 is 1.33 bits per heavy atom. The molecule has 1 fully saturated rings. The molecule has 1 aromatic rings. The molecule has 0 unspecified atom stereocenters. The molecule has 118 valence electrons. The van der Waals surface area contributed by atoms with Crippen LogP contribution >= 0.6 is 15.9 Å². The van der Waals surface area contributed by atoms with Crippen LogP contribution < -0.4 is 10.9 Å². The second-order valence-corrected chi connectivity index (χ2v) is 5.99. The fourth-order valence-corrected chi connectivity index (χ4v) is 2.71. The smallest absolute Gasteiger partial charge is 0.283 e. The van der Waals surface area contributed by atoms with Crippen molar-refractivity contribution in [2.24, 2.45) is 0 Å². The second kappa shape index (κ2) is 7.88. The normalized spacial score (nSPS) is 17.1. The van der Waals surface area contributed by atoms with E-state index in [4.69, 9.17) is 5.11 Å². The van der Waals surface area contributed by atoms with Crippen molar-refractivity contribution in [1.29, 1.82) is 0 Å². The highest BCUT2D eigenvalue weighted by atomic mass is 79.9. The fraction of sp³-hybridized carbons (Fsp3) is 0.692. The maximum Gasteiger partial charge on any atom is 0.283 e. The molecule has 21 heavy (non-hydrogen) atoms. The molecule has 0 atom stereocenters. The number of halogens is 1. The second-order valence-electron chi connectivity index (χ2n) is 5.20. The van der Waals surface area contributed by atoms with E-state index in [2.05, 4.69) is 43.2 Å². The van der Waals surface area contributed by atoms with Gasteiger partial charge >= 0.3 is 0 Å². The van der Waals surface area contributed by atoms with Gasteiger partial charge in [-0.2, -0.15) is 5.10 Å². The first-order chi connectivity index (χ1) is 10.1. The number of aliphatic hydroxyl groups is 1. The van der Waals surface area contributed by atoms with Crippen molar-refractivity contribution in [3.8, 4) is 0 Å². The molecule has 2 N–H and O–H groups in total. The van der Waals surface area contributed by atoms with Crippen LogP contribution in [0.5, 0.6) is 0 Å². The monoisotopic (exact) mass is 359 g/mol. The molecular formula is C13H22BrN5O2. The highest BCUT2D eigenvalue weighted by molar-refractivity contribution is 9.10. The van der Waals surface area contributed by atoms with Gasteiger partial charge in [-0.05, 0) is 23.0 Å². The zero-order valence-electron chi connectivity index (χ0n) is 12.3. The molecule has 0 radical (unpaired) electrons. The summed E-state index contributed by atoms with van der Waals surface area (Å²) in [5, 5.41) is 16.1. The van der Waals surface area contributed by atoms with E-state index in [1.165, 1.54) is 4.68 Å². The Kier molecular flexibility index (Phi) is 6.16. The summed E-state index contributed by atoms with van der Waals surface area (Å²) >= 11 is 3.30. The molecule has 0 amide bonds. The molecule has 8 heteroatoms. The quantitative estimate of drug-likeness (QED) is 0.723. The van der Waals surface area contributed by atoms with Gasteiger partial charge in [0.2, 0.25) is 0 Å². The van der Waals surface area contributed by atoms with E-state index in [9.17, 15) is 4.79 Å². The summed E-state index contributed by atoms with van der Waals surface area (Å²) in [6, 6.07) is 0. The molecule has 7 nitrogen and oxygen atoms in total. The van der Waals surface area contributed by atoms with E-state index in [1.54, 1.807) is 6.20 Å². The molecule has 0 aliphatic carbocycles. The molecule has 0 aromatic carbocycles. The van der Waals surface area contributed by atoms with Crippen molar-refractivity contribution < 1.29 is 5.11 Å². The van der Waals surface area contributed by atoms with E-state index in [1.807, 2.05) is 0 Å². The molecular weight excluding hydrogens is 338 g/mol. The topological polar surface area (TPSA) is 73.6 Å². The average Bonchev–Trinajstić information content (AvgIpc) is 2.48. The van der Waals surface area contributed by atoms with Crippen LogP contribution in [-0.2, 0) is 6.54 Å². The molecule has 1 saturated heterocycles. The summed E-state index contributed by atoms with van der Waals surface area (Å²) in [4.78, 5) is 16.7. The van der Waals surface area contributed by atoms with Gasteiger partial charge in [-0.3, -0.25) is 9.69 Å². The number of hydrogen-bond acceptors (Lipinski definition) is 6. The SMILES string of the molecule is CN1CCN(CCNc2cnn(CCO)c(=O)c2Br)CC1. The maximum atomic E-state index is 12.0. The van der Waals surface area contributed by atoms with Crippen LogP contribution in [0.1, 0.15) is 0 Å². The Morgan fingerprint density at radius 3 is 2.71 bits per heavy atom. The van der Waals surface area contributed by atoms with Crippen LogP contribution in [0.4, 0.5) is 5.69 Å². The van der Waals surface area contributed by atoms with Crippen LogP contribution in [0.3, 0.4) is 0 Å². The molecule has 2 heterocycles. The van der Waals surface area contributed by atoms with Gasteiger partial charge < -0.3 is 15.3 Å².